The van der Waals surface area contributed by atoms with Crippen LogP contribution in [-0.4, -0.2) is 46.5 Å². The third kappa shape index (κ3) is 5.01. The van der Waals surface area contributed by atoms with Crippen molar-refractivity contribution >= 4 is 24.0 Å². The lowest BCUT2D eigenvalue weighted by molar-refractivity contribution is -0.116. The third-order valence-corrected chi connectivity index (χ3v) is 4.25. The average molecular weight is 368 g/mol. The summed E-state index contributed by atoms with van der Waals surface area (Å²) in [6.07, 6.45) is 4.08. The van der Waals surface area contributed by atoms with E-state index in [1.807, 2.05) is 17.8 Å². The molecule has 136 valence electrons. The second kappa shape index (κ2) is 8.94. The van der Waals surface area contributed by atoms with Crippen molar-refractivity contribution < 1.29 is 9.18 Å². The maximum absolute atomic E-state index is 13.2. The smallest absolute Gasteiger partial charge is 0.225 e. The van der Waals surface area contributed by atoms with E-state index >= 15 is 0 Å². The molecule has 25 heavy (non-hydrogen) atoms. The first kappa shape index (κ1) is 19.4. The number of aryl methyl sites for hydroxylation is 1. The SMILES string of the molecule is Cl.Cn1ccnc1C1CNCCN1CCC(=O)Nc1cccc(F)c1. The van der Waals surface area contributed by atoms with Gasteiger partial charge in [-0.25, -0.2) is 9.37 Å². The molecular weight excluding hydrogens is 345 g/mol. The summed E-state index contributed by atoms with van der Waals surface area (Å²) in [4.78, 5) is 18.8. The van der Waals surface area contributed by atoms with E-state index in [0.29, 0.717) is 18.7 Å². The van der Waals surface area contributed by atoms with Crippen LogP contribution >= 0.6 is 12.4 Å². The molecule has 1 amide bonds. The fraction of sp³-hybridized carbons (Fsp3) is 0.412. The molecule has 0 radical (unpaired) electrons. The zero-order chi connectivity index (χ0) is 16.9. The number of anilines is 1. The van der Waals surface area contributed by atoms with Crippen LogP contribution in [0.2, 0.25) is 0 Å². The van der Waals surface area contributed by atoms with Crippen molar-refractivity contribution in [1.29, 1.82) is 0 Å². The lowest BCUT2D eigenvalue weighted by atomic mass is 10.1. The molecule has 6 nitrogen and oxygen atoms in total. The summed E-state index contributed by atoms with van der Waals surface area (Å²) in [5.41, 5.74) is 0.487. The number of rotatable bonds is 5. The zero-order valence-corrected chi connectivity index (χ0v) is 14.9. The highest BCUT2D eigenvalue weighted by Crippen LogP contribution is 2.20. The second-order valence-electron chi connectivity index (χ2n) is 5.96. The number of carbonyl (C=O) groups is 1. The van der Waals surface area contributed by atoms with Gasteiger partial charge in [0.25, 0.3) is 0 Å². The summed E-state index contributed by atoms with van der Waals surface area (Å²) in [7, 11) is 1.98. The van der Waals surface area contributed by atoms with Gasteiger partial charge in [0, 0.05) is 57.7 Å². The summed E-state index contributed by atoms with van der Waals surface area (Å²) in [5, 5.41) is 6.12. The Bertz CT molecular complexity index is 708. The molecule has 8 heteroatoms. The van der Waals surface area contributed by atoms with Gasteiger partial charge in [-0.2, -0.15) is 0 Å². The summed E-state index contributed by atoms with van der Waals surface area (Å²) in [6, 6.07) is 6.09. The number of carbonyl (C=O) groups excluding carboxylic acids is 1. The van der Waals surface area contributed by atoms with Gasteiger partial charge in [-0.3, -0.25) is 9.69 Å². The Kier molecular flexibility index (Phi) is 6.92. The maximum atomic E-state index is 13.2. The second-order valence-corrected chi connectivity index (χ2v) is 5.96. The number of hydrogen-bond acceptors (Lipinski definition) is 4. The molecule has 1 aliphatic heterocycles. The van der Waals surface area contributed by atoms with Gasteiger partial charge in [-0.1, -0.05) is 6.07 Å². The van der Waals surface area contributed by atoms with E-state index in [-0.39, 0.29) is 30.2 Å². The molecule has 1 saturated heterocycles. The number of benzene rings is 1. The fourth-order valence-electron chi connectivity index (χ4n) is 3.00. The van der Waals surface area contributed by atoms with E-state index in [1.165, 1.54) is 12.1 Å². The number of nitrogens with zero attached hydrogens (tertiary/aromatic N) is 3. The molecule has 2 aromatic rings. The van der Waals surface area contributed by atoms with Gasteiger partial charge >= 0.3 is 0 Å². The Hall–Kier alpha value is -1.96. The zero-order valence-electron chi connectivity index (χ0n) is 14.1. The molecule has 0 spiro atoms. The van der Waals surface area contributed by atoms with Crippen LogP contribution < -0.4 is 10.6 Å². The van der Waals surface area contributed by atoms with E-state index in [2.05, 4.69) is 20.5 Å². The first-order chi connectivity index (χ1) is 11.6. The molecule has 2 heterocycles. The lowest BCUT2D eigenvalue weighted by Gasteiger charge is -2.35. The molecule has 0 bridgehead atoms. The highest BCUT2D eigenvalue weighted by molar-refractivity contribution is 5.90. The minimum atomic E-state index is -0.357. The Labute approximate surface area is 152 Å². The molecule has 0 aliphatic carbocycles. The minimum absolute atomic E-state index is 0. The number of nitrogens with one attached hydrogen (secondary N) is 2. The van der Waals surface area contributed by atoms with Gasteiger partial charge in [0.1, 0.15) is 11.6 Å². The number of aromatic nitrogens is 2. The first-order valence-corrected chi connectivity index (χ1v) is 8.11. The molecule has 0 saturated carbocycles. The van der Waals surface area contributed by atoms with Gasteiger partial charge in [-0.05, 0) is 18.2 Å². The van der Waals surface area contributed by atoms with Crippen LogP contribution in [0, 0.1) is 5.82 Å². The standard InChI is InChI=1S/C17H22FN5O.ClH/c1-22-9-7-20-17(22)15-12-19-6-10-23(15)8-5-16(24)21-14-4-2-3-13(18)11-14;/h2-4,7,9,11,15,19H,5-6,8,10,12H2,1H3,(H,21,24);1H. The monoisotopic (exact) mass is 367 g/mol. The van der Waals surface area contributed by atoms with E-state index in [0.717, 1.165) is 25.5 Å². The lowest BCUT2D eigenvalue weighted by Crippen LogP contribution is -2.47. The molecule has 2 N–H and O–H groups in total. The Morgan fingerprint density at radius 3 is 3.04 bits per heavy atom. The third-order valence-electron chi connectivity index (χ3n) is 4.25. The molecular formula is C17H23ClFN5O. The molecule has 3 rings (SSSR count). The van der Waals surface area contributed by atoms with Crippen LogP contribution in [0.1, 0.15) is 18.3 Å². The minimum Gasteiger partial charge on any atom is -0.337 e. The Morgan fingerprint density at radius 1 is 1.48 bits per heavy atom. The van der Waals surface area contributed by atoms with Gasteiger partial charge in [0.05, 0.1) is 6.04 Å². The van der Waals surface area contributed by atoms with E-state index in [4.69, 9.17) is 0 Å². The van der Waals surface area contributed by atoms with Crippen molar-refractivity contribution in [2.75, 3.05) is 31.5 Å². The van der Waals surface area contributed by atoms with E-state index in [9.17, 15) is 9.18 Å². The maximum Gasteiger partial charge on any atom is 0.225 e. The van der Waals surface area contributed by atoms with E-state index < -0.39 is 0 Å². The van der Waals surface area contributed by atoms with Crippen molar-refractivity contribution in [2.45, 2.75) is 12.5 Å². The number of amides is 1. The van der Waals surface area contributed by atoms with Gasteiger partial charge in [0.15, 0.2) is 0 Å². The van der Waals surface area contributed by atoms with Crippen LogP contribution in [-0.2, 0) is 11.8 Å². The summed E-state index contributed by atoms with van der Waals surface area (Å²) >= 11 is 0. The van der Waals surface area contributed by atoms with Crippen LogP contribution in [0.15, 0.2) is 36.7 Å². The normalized spacial score (nSPS) is 17.8. The highest BCUT2D eigenvalue weighted by Gasteiger charge is 2.26. The molecule has 1 fully saturated rings. The highest BCUT2D eigenvalue weighted by atomic mass is 35.5. The number of hydrogen-bond donors (Lipinski definition) is 2. The van der Waals surface area contributed by atoms with Crippen molar-refractivity contribution in [3.8, 4) is 0 Å². The quantitative estimate of drug-likeness (QED) is 0.848. The van der Waals surface area contributed by atoms with Crippen LogP contribution in [0.25, 0.3) is 0 Å². The summed E-state index contributed by atoms with van der Waals surface area (Å²) in [6.45, 7) is 3.22. The Morgan fingerprint density at radius 2 is 2.32 bits per heavy atom. The van der Waals surface area contributed by atoms with Crippen LogP contribution in [0.3, 0.4) is 0 Å². The predicted octanol–water partition coefficient (Wildman–Crippen LogP) is 1.96. The largest absolute Gasteiger partial charge is 0.337 e. The van der Waals surface area contributed by atoms with Crippen molar-refractivity contribution in [3.63, 3.8) is 0 Å². The van der Waals surface area contributed by atoms with E-state index in [1.54, 1.807) is 18.3 Å². The summed E-state index contributed by atoms with van der Waals surface area (Å²) < 4.78 is 15.2. The van der Waals surface area contributed by atoms with Gasteiger partial charge in [-0.15, -0.1) is 12.4 Å². The molecule has 1 aliphatic rings. The van der Waals surface area contributed by atoms with Gasteiger partial charge in [0.2, 0.25) is 5.91 Å². The molecule has 1 aromatic heterocycles. The Balaban J connectivity index is 0.00000225. The summed E-state index contributed by atoms with van der Waals surface area (Å²) in [5.74, 6) is 0.523. The number of piperazine rings is 1. The topological polar surface area (TPSA) is 62.2 Å². The van der Waals surface area contributed by atoms with Crippen LogP contribution in [0.4, 0.5) is 10.1 Å². The fourth-order valence-corrected chi connectivity index (χ4v) is 3.00. The average Bonchev–Trinajstić information content (AvgIpc) is 2.99. The van der Waals surface area contributed by atoms with Crippen LogP contribution in [0.5, 0.6) is 0 Å². The number of imidazole rings is 1. The predicted molar refractivity (Wildman–Crippen MR) is 97.3 cm³/mol. The van der Waals surface area contributed by atoms with Crippen molar-refractivity contribution in [1.82, 2.24) is 19.8 Å². The van der Waals surface area contributed by atoms with Gasteiger partial charge < -0.3 is 15.2 Å². The number of halogens is 2. The molecule has 1 aromatic carbocycles. The molecule has 1 atom stereocenters. The van der Waals surface area contributed by atoms with Crippen molar-refractivity contribution in [3.05, 3.63) is 48.3 Å². The molecule has 1 unspecified atom stereocenters. The first-order valence-electron chi connectivity index (χ1n) is 8.11. The van der Waals surface area contributed by atoms with Crippen molar-refractivity contribution in [2.24, 2.45) is 7.05 Å².